The standard InChI is InChI=1S/C17H27N3O3/c1-13-7-9-18-15(19-13)22-11-8-14-6-5-10-20(12-14)16(21)23-17(2,3)4/h7,9,14H,5-6,8,10-12H2,1-4H3/t14-/m1/s1. The van der Waals surface area contributed by atoms with Crippen molar-refractivity contribution in [1.29, 1.82) is 0 Å². The molecule has 0 N–H and O–H groups in total. The second kappa shape index (κ2) is 7.62. The van der Waals surface area contributed by atoms with Crippen LogP contribution in [0.1, 0.15) is 45.7 Å². The lowest BCUT2D eigenvalue weighted by atomic mass is 9.95. The number of carbonyl (C=O) groups is 1. The zero-order valence-corrected chi connectivity index (χ0v) is 14.5. The minimum atomic E-state index is -0.449. The summed E-state index contributed by atoms with van der Waals surface area (Å²) in [5.74, 6) is 0.432. The van der Waals surface area contributed by atoms with Crippen LogP contribution in [0, 0.1) is 12.8 Å². The SMILES string of the molecule is Cc1ccnc(OCC[C@H]2CCCN(C(=O)OC(C)(C)C)C2)n1. The van der Waals surface area contributed by atoms with Crippen LogP contribution in [-0.2, 0) is 4.74 Å². The Balaban J connectivity index is 1.76. The van der Waals surface area contributed by atoms with Crippen LogP contribution in [0.5, 0.6) is 6.01 Å². The van der Waals surface area contributed by atoms with Crippen LogP contribution in [0.15, 0.2) is 12.3 Å². The number of aryl methyl sites for hydroxylation is 1. The molecule has 1 atom stereocenters. The van der Waals surface area contributed by atoms with Crippen molar-refractivity contribution in [2.45, 2.75) is 52.6 Å². The molecule has 0 unspecified atom stereocenters. The quantitative estimate of drug-likeness (QED) is 0.852. The van der Waals surface area contributed by atoms with Gasteiger partial charge in [0.1, 0.15) is 5.60 Å². The molecule has 23 heavy (non-hydrogen) atoms. The number of amides is 1. The largest absolute Gasteiger partial charge is 0.463 e. The van der Waals surface area contributed by atoms with Crippen LogP contribution in [0.4, 0.5) is 4.79 Å². The van der Waals surface area contributed by atoms with Crippen LogP contribution < -0.4 is 4.74 Å². The van der Waals surface area contributed by atoms with Crippen molar-refractivity contribution in [3.8, 4) is 6.01 Å². The number of ether oxygens (including phenoxy) is 2. The monoisotopic (exact) mass is 321 g/mol. The van der Waals surface area contributed by atoms with Crippen LogP contribution >= 0.6 is 0 Å². The molecule has 1 aliphatic heterocycles. The van der Waals surface area contributed by atoms with Gasteiger partial charge >= 0.3 is 12.1 Å². The normalized spacial score (nSPS) is 18.6. The average molecular weight is 321 g/mol. The first-order valence-electron chi connectivity index (χ1n) is 8.24. The highest BCUT2D eigenvalue weighted by Gasteiger charge is 2.27. The summed E-state index contributed by atoms with van der Waals surface area (Å²) in [4.78, 5) is 22.3. The van der Waals surface area contributed by atoms with Crippen LogP contribution in [0.2, 0.25) is 0 Å². The Morgan fingerprint density at radius 3 is 2.91 bits per heavy atom. The van der Waals surface area contributed by atoms with E-state index in [9.17, 15) is 4.79 Å². The zero-order valence-electron chi connectivity index (χ0n) is 14.5. The van der Waals surface area contributed by atoms with Gasteiger partial charge in [0.25, 0.3) is 0 Å². The molecule has 2 rings (SSSR count). The molecular formula is C17H27N3O3. The van der Waals surface area contributed by atoms with Gasteiger partial charge in [-0.15, -0.1) is 0 Å². The summed E-state index contributed by atoms with van der Waals surface area (Å²) in [5, 5.41) is 0. The van der Waals surface area contributed by atoms with Gasteiger partial charge < -0.3 is 14.4 Å². The third-order valence-electron chi connectivity index (χ3n) is 3.70. The van der Waals surface area contributed by atoms with E-state index in [4.69, 9.17) is 9.47 Å². The summed E-state index contributed by atoms with van der Waals surface area (Å²) >= 11 is 0. The van der Waals surface area contributed by atoms with Gasteiger partial charge in [-0.2, -0.15) is 0 Å². The molecule has 1 amide bonds. The van der Waals surface area contributed by atoms with E-state index in [1.54, 1.807) is 6.20 Å². The molecule has 2 heterocycles. The number of piperidine rings is 1. The Labute approximate surface area is 138 Å². The van der Waals surface area contributed by atoms with Crippen LogP contribution in [0.25, 0.3) is 0 Å². The third kappa shape index (κ3) is 6.04. The molecule has 0 aliphatic carbocycles. The van der Waals surface area contributed by atoms with Gasteiger partial charge in [-0.25, -0.2) is 14.8 Å². The highest BCUT2D eigenvalue weighted by molar-refractivity contribution is 5.68. The second-order valence-electron chi connectivity index (χ2n) is 7.05. The summed E-state index contributed by atoms with van der Waals surface area (Å²) in [6.07, 6.45) is 4.48. The first-order valence-corrected chi connectivity index (χ1v) is 8.24. The lowest BCUT2D eigenvalue weighted by Gasteiger charge is -2.34. The molecule has 0 radical (unpaired) electrons. The summed E-state index contributed by atoms with van der Waals surface area (Å²) in [6, 6.07) is 2.26. The van der Waals surface area contributed by atoms with Crippen molar-refractivity contribution in [2.24, 2.45) is 5.92 Å². The van der Waals surface area contributed by atoms with Gasteiger partial charge in [-0.05, 0) is 58.9 Å². The number of aromatic nitrogens is 2. The summed E-state index contributed by atoms with van der Waals surface area (Å²) < 4.78 is 11.1. The van der Waals surface area contributed by atoms with Crippen molar-refractivity contribution in [1.82, 2.24) is 14.9 Å². The molecule has 1 fully saturated rings. The maximum atomic E-state index is 12.1. The molecule has 1 aromatic heterocycles. The number of rotatable bonds is 4. The minimum absolute atomic E-state index is 0.217. The maximum absolute atomic E-state index is 12.1. The number of likely N-dealkylation sites (tertiary alicyclic amines) is 1. The Hall–Kier alpha value is -1.85. The topological polar surface area (TPSA) is 64.5 Å². The summed E-state index contributed by atoms with van der Waals surface area (Å²) in [7, 11) is 0. The minimum Gasteiger partial charge on any atom is -0.463 e. The molecular weight excluding hydrogens is 294 g/mol. The van der Waals surface area contributed by atoms with Gasteiger partial charge in [-0.3, -0.25) is 0 Å². The van der Waals surface area contributed by atoms with Crippen molar-refractivity contribution < 1.29 is 14.3 Å². The fourth-order valence-corrected chi connectivity index (χ4v) is 2.61. The van der Waals surface area contributed by atoms with E-state index in [-0.39, 0.29) is 6.09 Å². The van der Waals surface area contributed by atoms with E-state index in [0.29, 0.717) is 18.5 Å². The first-order chi connectivity index (χ1) is 10.8. The van der Waals surface area contributed by atoms with Crippen molar-refractivity contribution in [2.75, 3.05) is 19.7 Å². The Bertz CT molecular complexity index is 528. The second-order valence-corrected chi connectivity index (χ2v) is 7.05. The van der Waals surface area contributed by atoms with Crippen molar-refractivity contribution in [3.63, 3.8) is 0 Å². The third-order valence-corrected chi connectivity index (χ3v) is 3.70. The van der Waals surface area contributed by atoms with Crippen molar-refractivity contribution >= 4 is 6.09 Å². The lowest BCUT2D eigenvalue weighted by molar-refractivity contribution is 0.0154. The fraction of sp³-hybridized carbons (Fsp3) is 0.706. The number of hydrogen-bond acceptors (Lipinski definition) is 5. The molecule has 0 saturated carbocycles. The van der Waals surface area contributed by atoms with Crippen LogP contribution in [0.3, 0.4) is 0 Å². The van der Waals surface area contributed by atoms with Gasteiger partial charge in [0, 0.05) is 25.0 Å². The molecule has 128 valence electrons. The van der Waals surface area contributed by atoms with E-state index in [0.717, 1.165) is 38.0 Å². The van der Waals surface area contributed by atoms with Gasteiger partial charge in [0.15, 0.2) is 0 Å². The predicted octanol–water partition coefficient (Wildman–Crippen LogP) is 3.20. The van der Waals surface area contributed by atoms with E-state index in [2.05, 4.69) is 9.97 Å². The number of nitrogens with zero attached hydrogens (tertiary/aromatic N) is 3. The Kier molecular flexibility index (Phi) is 5.80. The highest BCUT2D eigenvalue weighted by atomic mass is 16.6. The Morgan fingerprint density at radius 1 is 1.43 bits per heavy atom. The first kappa shape index (κ1) is 17.5. The van der Waals surface area contributed by atoms with Crippen LogP contribution in [-0.4, -0.2) is 46.3 Å². The lowest BCUT2D eigenvalue weighted by Crippen LogP contribution is -2.43. The summed E-state index contributed by atoms with van der Waals surface area (Å²) in [5.41, 5.74) is 0.444. The van der Waals surface area contributed by atoms with Gasteiger partial charge in [0.05, 0.1) is 6.61 Å². The molecule has 1 aliphatic rings. The fourth-order valence-electron chi connectivity index (χ4n) is 2.61. The molecule has 0 bridgehead atoms. The molecule has 6 nitrogen and oxygen atoms in total. The summed E-state index contributed by atoms with van der Waals surface area (Å²) in [6.45, 7) is 9.65. The molecule has 0 aromatic carbocycles. The van der Waals surface area contributed by atoms with Gasteiger partial charge in [-0.1, -0.05) is 0 Å². The molecule has 6 heteroatoms. The average Bonchev–Trinajstić information content (AvgIpc) is 2.46. The molecule has 1 saturated heterocycles. The number of hydrogen-bond donors (Lipinski definition) is 0. The van der Waals surface area contributed by atoms with E-state index >= 15 is 0 Å². The van der Waals surface area contributed by atoms with Crippen molar-refractivity contribution in [3.05, 3.63) is 18.0 Å². The molecule has 0 spiro atoms. The Morgan fingerprint density at radius 2 is 2.22 bits per heavy atom. The number of carbonyl (C=O) groups excluding carboxylic acids is 1. The smallest absolute Gasteiger partial charge is 0.410 e. The predicted molar refractivity (Wildman–Crippen MR) is 87.4 cm³/mol. The molecule has 1 aromatic rings. The zero-order chi connectivity index (χ0) is 16.9. The maximum Gasteiger partial charge on any atom is 0.410 e. The van der Waals surface area contributed by atoms with E-state index in [1.807, 2.05) is 38.7 Å². The van der Waals surface area contributed by atoms with Gasteiger partial charge in [0.2, 0.25) is 0 Å². The van der Waals surface area contributed by atoms with E-state index in [1.165, 1.54) is 0 Å². The van der Waals surface area contributed by atoms with E-state index < -0.39 is 5.60 Å². The highest BCUT2D eigenvalue weighted by Crippen LogP contribution is 2.21.